The zero-order valence-corrected chi connectivity index (χ0v) is 22.0. The van der Waals surface area contributed by atoms with Crippen LogP contribution in [0.5, 0.6) is 0 Å². The number of hydrogen-bond donors (Lipinski definition) is 2. The molecule has 3 aromatic carbocycles. The third-order valence-corrected chi connectivity index (χ3v) is 7.11. The summed E-state index contributed by atoms with van der Waals surface area (Å²) in [5.41, 5.74) is 2.65. The van der Waals surface area contributed by atoms with Crippen molar-refractivity contribution >= 4 is 29.4 Å². The summed E-state index contributed by atoms with van der Waals surface area (Å²) in [5, 5.41) is 12.1. The van der Waals surface area contributed by atoms with Crippen LogP contribution in [-0.2, 0) is 11.2 Å². The van der Waals surface area contributed by atoms with Crippen LogP contribution in [0.3, 0.4) is 0 Å². The number of hydrogen-bond acceptors (Lipinski definition) is 3. The fourth-order valence-corrected chi connectivity index (χ4v) is 4.96. The number of carboxylic acids is 1. The Kier molecular flexibility index (Phi) is 10.9. The maximum atomic E-state index is 13.4. The van der Waals surface area contributed by atoms with Gasteiger partial charge in [-0.15, -0.1) is 0 Å². The molecule has 6 heteroatoms. The SMILES string of the molecule is CCCCCCCN(C(=O)Nc1cccc(Sc2ccc(CC(=O)O)cc2)c1)C(C)c1ccccc1. The van der Waals surface area contributed by atoms with Crippen molar-refractivity contribution in [1.82, 2.24) is 4.90 Å². The van der Waals surface area contributed by atoms with Gasteiger partial charge in [-0.05, 0) is 54.8 Å². The van der Waals surface area contributed by atoms with Gasteiger partial charge in [0.1, 0.15) is 0 Å². The van der Waals surface area contributed by atoms with E-state index >= 15 is 0 Å². The molecule has 1 atom stereocenters. The standard InChI is InChI=1S/C30H36N2O3S/c1-3-4-5-6-10-20-32(23(2)25-12-8-7-9-13-25)30(35)31-26-14-11-15-28(22-26)36-27-18-16-24(17-19-27)21-29(33)34/h7-9,11-19,22-23H,3-6,10,20-21H2,1-2H3,(H,31,35)(H,33,34). The highest BCUT2D eigenvalue weighted by atomic mass is 32.2. The van der Waals surface area contributed by atoms with Crippen LogP contribution in [0.4, 0.5) is 10.5 Å². The zero-order valence-electron chi connectivity index (χ0n) is 21.2. The Morgan fingerprint density at radius 2 is 1.61 bits per heavy atom. The average Bonchev–Trinajstić information content (AvgIpc) is 2.87. The van der Waals surface area contributed by atoms with E-state index in [1.807, 2.05) is 71.6 Å². The maximum absolute atomic E-state index is 13.4. The summed E-state index contributed by atoms with van der Waals surface area (Å²) >= 11 is 1.58. The lowest BCUT2D eigenvalue weighted by molar-refractivity contribution is -0.136. The first kappa shape index (κ1) is 27.3. The van der Waals surface area contributed by atoms with E-state index in [1.165, 1.54) is 19.3 Å². The molecular weight excluding hydrogens is 468 g/mol. The number of rotatable bonds is 13. The van der Waals surface area contributed by atoms with Crippen LogP contribution in [0.1, 0.15) is 63.1 Å². The molecule has 0 spiro atoms. The van der Waals surface area contributed by atoms with Crippen LogP contribution in [0.25, 0.3) is 0 Å². The summed E-state index contributed by atoms with van der Waals surface area (Å²) in [6, 6.07) is 25.4. The highest BCUT2D eigenvalue weighted by molar-refractivity contribution is 7.99. The van der Waals surface area contributed by atoms with E-state index < -0.39 is 5.97 Å². The summed E-state index contributed by atoms with van der Waals surface area (Å²) in [6.45, 7) is 5.00. The van der Waals surface area contributed by atoms with Crippen LogP contribution in [-0.4, -0.2) is 28.6 Å². The molecule has 3 rings (SSSR count). The summed E-state index contributed by atoms with van der Waals surface area (Å²) in [4.78, 5) is 28.2. The van der Waals surface area contributed by atoms with E-state index in [0.717, 1.165) is 39.4 Å². The van der Waals surface area contributed by atoms with Crippen LogP contribution < -0.4 is 5.32 Å². The van der Waals surface area contributed by atoms with Gasteiger partial charge >= 0.3 is 12.0 Å². The molecule has 1 unspecified atom stereocenters. The van der Waals surface area contributed by atoms with Crippen LogP contribution in [0, 0.1) is 0 Å². The molecule has 0 aliphatic carbocycles. The van der Waals surface area contributed by atoms with Crippen molar-refractivity contribution in [3.05, 3.63) is 90.0 Å². The molecule has 0 heterocycles. The summed E-state index contributed by atoms with van der Waals surface area (Å²) in [5.74, 6) is -0.838. The number of nitrogens with zero attached hydrogens (tertiary/aromatic N) is 1. The fraction of sp³-hybridized carbons (Fsp3) is 0.333. The van der Waals surface area contributed by atoms with Crippen LogP contribution >= 0.6 is 11.8 Å². The number of carbonyl (C=O) groups is 2. The minimum absolute atomic E-state index is 0.0168. The number of aliphatic carboxylic acids is 1. The predicted molar refractivity (Wildman–Crippen MR) is 148 cm³/mol. The number of benzene rings is 3. The van der Waals surface area contributed by atoms with Gasteiger partial charge in [0, 0.05) is 22.0 Å². The van der Waals surface area contributed by atoms with Crippen molar-refractivity contribution in [2.45, 2.75) is 68.2 Å². The molecule has 3 aromatic rings. The summed E-state index contributed by atoms with van der Waals surface area (Å²) in [7, 11) is 0. The Hall–Kier alpha value is -3.25. The minimum Gasteiger partial charge on any atom is -0.481 e. The van der Waals surface area contributed by atoms with E-state index in [4.69, 9.17) is 5.11 Å². The van der Waals surface area contributed by atoms with Crippen LogP contribution in [0.2, 0.25) is 0 Å². The van der Waals surface area contributed by atoms with Crippen molar-refractivity contribution < 1.29 is 14.7 Å². The lowest BCUT2D eigenvalue weighted by Crippen LogP contribution is -2.37. The van der Waals surface area contributed by atoms with Crippen LogP contribution in [0.15, 0.2) is 88.7 Å². The van der Waals surface area contributed by atoms with Gasteiger partial charge in [0.05, 0.1) is 12.5 Å². The molecule has 5 nitrogen and oxygen atoms in total. The molecule has 2 N–H and O–H groups in total. The van der Waals surface area contributed by atoms with Gasteiger partial charge < -0.3 is 15.3 Å². The molecule has 0 saturated carbocycles. The van der Waals surface area contributed by atoms with Gasteiger partial charge in [-0.1, -0.05) is 92.9 Å². The van der Waals surface area contributed by atoms with Crippen molar-refractivity contribution in [3.63, 3.8) is 0 Å². The van der Waals surface area contributed by atoms with E-state index in [-0.39, 0.29) is 18.5 Å². The minimum atomic E-state index is -0.838. The number of unbranched alkanes of at least 4 members (excludes halogenated alkanes) is 4. The van der Waals surface area contributed by atoms with Gasteiger partial charge in [-0.3, -0.25) is 4.79 Å². The van der Waals surface area contributed by atoms with E-state index in [1.54, 1.807) is 11.8 Å². The molecule has 190 valence electrons. The fourth-order valence-electron chi connectivity index (χ4n) is 4.09. The smallest absolute Gasteiger partial charge is 0.322 e. The number of amides is 2. The Bertz CT molecular complexity index is 1100. The lowest BCUT2D eigenvalue weighted by atomic mass is 10.1. The van der Waals surface area contributed by atoms with E-state index in [2.05, 4.69) is 31.3 Å². The third-order valence-electron chi connectivity index (χ3n) is 6.11. The number of urea groups is 1. The summed E-state index contributed by atoms with van der Waals surface area (Å²) < 4.78 is 0. The molecular formula is C30H36N2O3S. The Balaban J connectivity index is 1.67. The maximum Gasteiger partial charge on any atom is 0.322 e. The first-order valence-electron chi connectivity index (χ1n) is 12.7. The normalized spacial score (nSPS) is 11.6. The lowest BCUT2D eigenvalue weighted by Gasteiger charge is -2.30. The van der Waals surface area contributed by atoms with E-state index in [0.29, 0.717) is 6.54 Å². The molecule has 2 amide bonds. The largest absolute Gasteiger partial charge is 0.481 e. The second-order valence-corrected chi connectivity index (χ2v) is 10.1. The Labute approximate surface area is 218 Å². The molecule has 0 fully saturated rings. The van der Waals surface area contributed by atoms with Crippen molar-refractivity contribution in [1.29, 1.82) is 0 Å². The molecule has 0 bridgehead atoms. The van der Waals surface area contributed by atoms with Gasteiger partial charge in [0.15, 0.2) is 0 Å². The van der Waals surface area contributed by atoms with Crippen molar-refractivity contribution in [2.75, 3.05) is 11.9 Å². The highest BCUT2D eigenvalue weighted by Crippen LogP contribution is 2.30. The van der Waals surface area contributed by atoms with Crippen molar-refractivity contribution in [2.24, 2.45) is 0 Å². The Morgan fingerprint density at radius 1 is 0.889 bits per heavy atom. The summed E-state index contributed by atoms with van der Waals surface area (Å²) in [6.07, 6.45) is 5.75. The topological polar surface area (TPSA) is 69.6 Å². The number of anilines is 1. The molecule has 0 aromatic heterocycles. The Morgan fingerprint density at radius 3 is 2.31 bits per heavy atom. The highest BCUT2D eigenvalue weighted by Gasteiger charge is 2.21. The zero-order chi connectivity index (χ0) is 25.8. The number of carbonyl (C=O) groups excluding carboxylic acids is 1. The average molecular weight is 505 g/mol. The van der Waals surface area contributed by atoms with Gasteiger partial charge in [0.25, 0.3) is 0 Å². The molecule has 36 heavy (non-hydrogen) atoms. The molecule has 0 saturated heterocycles. The quantitative estimate of drug-likeness (QED) is 0.231. The second kappa shape index (κ2) is 14.3. The molecule has 0 aliphatic heterocycles. The predicted octanol–water partition coefficient (Wildman–Crippen LogP) is 8.03. The first-order chi connectivity index (χ1) is 17.5. The monoisotopic (exact) mass is 504 g/mol. The first-order valence-corrected chi connectivity index (χ1v) is 13.5. The second-order valence-electron chi connectivity index (χ2n) is 8.97. The number of nitrogens with one attached hydrogen (secondary N) is 1. The molecule has 0 radical (unpaired) electrons. The third kappa shape index (κ3) is 8.76. The van der Waals surface area contributed by atoms with Gasteiger partial charge in [-0.2, -0.15) is 0 Å². The van der Waals surface area contributed by atoms with Gasteiger partial charge in [0.2, 0.25) is 0 Å². The number of carboxylic acid groups (broad SMARTS) is 1. The van der Waals surface area contributed by atoms with Crippen molar-refractivity contribution in [3.8, 4) is 0 Å². The molecule has 0 aliphatic rings. The van der Waals surface area contributed by atoms with Gasteiger partial charge in [-0.25, -0.2) is 4.79 Å². The van der Waals surface area contributed by atoms with E-state index in [9.17, 15) is 9.59 Å².